The number of ether oxygens (including phenoxy) is 3. The van der Waals surface area contributed by atoms with Gasteiger partial charge in [0.25, 0.3) is 5.91 Å². The van der Waals surface area contributed by atoms with Crippen molar-refractivity contribution in [2.24, 2.45) is 0 Å². The normalized spacial score (nSPS) is 14.0. The Morgan fingerprint density at radius 3 is 2.65 bits per heavy atom. The first-order valence-corrected chi connectivity index (χ1v) is 7.59. The SMILES string of the molecule is C[C@H](NC(=O)COc1ccc2c(c1)OCCO2)c1ccccc1. The molecule has 23 heavy (non-hydrogen) atoms. The van der Waals surface area contributed by atoms with Gasteiger partial charge in [-0.15, -0.1) is 0 Å². The molecule has 5 nitrogen and oxygen atoms in total. The van der Waals surface area contributed by atoms with Crippen molar-refractivity contribution in [3.05, 3.63) is 54.1 Å². The summed E-state index contributed by atoms with van der Waals surface area (Å²) in [6.45, 7) is 2.96. The summed E-state index contributed by atoms with van der Waals surface area (Å²) in [6.07, 6.45) is 0. The topological polar surface area (TPSA) is 56.8 Å². The highest BCUT2D eigenvalue weighted by Gasteiger charge is 2.13. The molecule has 1 aliphatic heterocycles. The highest BCUT2D eigenvalue weighted by atomic mass is 16.6. The maximum Gasteiger partial charge on any atom is 0.258 e. The molecule has 0 spiro atoms. The quantitative estimate of drug-likeness (QED) is 0.922. The molecule has 0 bridgehead atoms. The first-order chi connectivity index (χ1) is 11.2. The summed E-state index contributed by atoms with van der Waals surface area (Å²) in [5.74, 6) is 1.76. The van der Waals surface area contributed by atoms with Gasteiger partial charge in [0.15, 0.2) is 18.1 Å². The minimum absolute atomic E-state index is 0.0448. The molecule has 3 rings (SSSR count). The molecule has 2 aromatic carbocycles. The molecular weight excluding hydrogens is 294 g/mol. The third-order valence-corrected chi connectivity index (χ3v) is 3.56. The number of benzene rings is 2. The zero-order valence-corrected chi connectivity index (χ0v) is 13.0. The van der Waals surface area contributed by atoms with Gasteiger partial charge in [-0.2, -0.15) is 0 Å². The number of rotatable bonds is 5. The monoisotopic (exact) mass is 313 g/mol. The van der Waals surface area contributed by atoms with Crippen LogP contribution in [0.5, 0.6) is 17.2 Å². The van der Waals surface area contributed by atoms with E-state index in [0.29, 0.717) is 30.5 Å². The Morgan fingerprint density at radius 2 is 1.87 bits per heavy atom. The third-order valence-electron chi connectivity index (χ3n) is 3.56. The number of hydrogen-bond acceptors (Lipinski definition) is 4. The van der Waals surface area contributed by atoms with Crippen LogP contribution in [0, 0.1) is 0 Å². The highest BCUT2D eigenvalue weighted by molar-refractivity contribution is 5.78. The largest absolute Gasteiger partial charge is 0.486 e. The van der Waals surface area contributed by atoms with Gasteiger partial charge in [-0.25, -0.2) is 0 Å². The molecule has 0 saturated heterocycles. The van der Waals surface area contributed by atoms with Gasteiger partial charge in [0.2, 0.25) is 0 Å². The molecular formula is C18H19NO4. The van der Waals surface area contributed by atoms with Crippen LogP contribution in [0.3, 0.4) is 0 Å². The fourth-order valence-corrected chi connectivity index (χ4v) is 2.37. The van der Waals surface area contributed by atoms with Crippen LogP contribution in [0.2, 0.25) is 0 Å². The predicted octanol–water partition coefficient (Wildman–Crippen LogP) is 2.71. The van der Waals surface area contributed by atoms with Gasteiger partial charge in [-0.1, -0.05) is 30.3 Å². The molecule has 1 N–H and O–H groups in total. The molecule has 1 heterocycles. The van der Waals surface area contributed by atoms with E-state index < -0.39 is 0 Å². The molecule has 1 amide bonds. The molecule has 0 aliphatic carbocycles. The lowest BCUT2D eigenvalue weighted by Gasteiger charge is -2.19. The van der Waals surface area contributed by atoms with Crippen molar-refractivity contribution < 1.29 is 19.0 Å². The fraction of sp³-hybridized carbons (Fsp3) is 0.278. The number of amides is 1. The standard InChI is InChI=1S/C18H19NO4/c1-13(14-5-3-2-4-6-14)19-18(20)12-23-15-7-8-16-17(11-15)22-10-9-21-16/h2-8,11,13H,9-10,12H2,1H3,(H,19,20)/t13-/m0/s1. The average Bonchev–Trinajstić information content (AvgIpc) is 2.60. The van der Waals surface area contributed by atoms with E-state index in [1.165, 1.54) is 0 Å². The Hall–Kier alpha value is -2.69. The van der Waals surface area contributed by atoms with Crippen LogP contribution in [-0.2, 0) is 4.79 Å². The lowest BCUT2D eigenvalue weighted by atomic mass is 10.1. The summed E-state index contributed by atoms with van der Waals surface area (Å²) >= 11 is 0. The van der Waals surface area contributed by atoms with Gasteiger partial charge < -0.3 is 19.5 Å². The second kappa shape index (κ2) is 7.05. The lowest BCUT2D eigenvalue weighted by Crippen LogP contribution is -2.31. The minimum atomic E-state index is -0.170. The number of carbonyl (C=O) groups excluding carboxylic acids is 1. The molecule has 1 aliphatic rings. The Kier molecular flexibility index (Phi) is 4.66. The van der Waals surface area contributed by atoms with Gasteiger partial charge in [-0.3, -0.25) is 4.79 Å². The summed E-state index contributed by atoms with van der Waals surface area (Å²) < 4.78 is 16.5. The molecule has 1 atom stereocenters. The van der Waals surface area contributed by atoms with Crippen LogP contribution in [0.25, 0.3) is 0 Å². The van der Waals surface area contributed by atoms with Crippen molar-refractivity contribution in [1.29, 1.82) is 0 Å². The second-order valence-electron chi connectivity index (χ2n) is 5.29. The lowest BCUT2D eigenvalue weighted by molar-refractivity contribution is -0.123. The van der Waals surface area contributed by atoms with E-state index in [2.05, 4.69) is 5.32 Å². The Balaban J connectivity index is 1.53. The molecule has 0 radical (unpaired) electrons. The second-order valence-corrected chi connectivity index (χ2v) is 5.29. The van der Waals surface area contributed by atoms with Crippen molar-refractivity contribution in [1.82, 2.24) is 5.32 Å². The van der Waals surface area contributed by atoms with Gasteiger partial charge in [0.05, 0.1) is 6.04 Å². The highest BCUT2D eigenvalue weighted by Crippen LogP contribution is 2.33. The Labute approximate surface area is 135 Å². The fourth-order valence-electron chi connectivity index (χ4n) is 2.37. The molecule has 0 fully saturated rings. The van der Waals surface area contributed by atoms with Crippen LogP contribution in [0.4, 0.5) is 0 Å². The third kappa shape index (κ3) is 3.94. The maximum absolute atomic E-state index is 12.0. The van der Waals surface area contributed by atoms with Crippen LogP contribution in [0.1, 0.15) is 18.5 Å². The van der Waals surface area contributed by atoms with Gasteiger partial charge in [0, 0.05) is 6.07 Å². The van der Waals surface area contributed by atoms with Gasteiger partial charge in [0.1, 0.15) is 19.0 Å². The van der Waals surface area contributed by atoms with Crippen molar-refractivity contribution in [2.45, 2.75) is 13.0 Å². The van der Waals surface area contributed by atoms with Crippen LogP contribution in [-0.4, -0.2) is 25.7 Å². The molecule has 5 heteroatoms. The van der Waals surface area contributed by atoms with Crippen LogP contribution in [0.15, 0.2) is 48.5 Å². The zero-order chi connectivity index (χ0) is 16.1. The van der Waals surface area contributed by atoms with E-state index in [1.807, 2.05) is 37.3 Å². The van der Waals surface area contributed by atoms with E-state index in [-0.39, 0.29) is 18.6 Å². The van der Waals surface area contributed by atoms with E-state index in [4.69, 9.17) is 14.2 Å². The van der Waals surface area contributed by atoms with E-state index in [1.54, 1.807) is 18.2 Å². The van der Waals surface area contributed by atoms with Crippen molar-refractivity contribution >= 4 is 5.91 Å². The zero-order valence-electron chi connectivity index (χ0n) is 13.0. The summed E-state index contributed by atoms with van der Waals surface area (Å²) in [7, 11) is 0. The maximum atomic E-state index is 12.0. The van der Waals surface area contributed by atoms with E-state index >= 15 is 0 Å². The van der Waals surface area contributed by atoms with Gasteiger partial charge in [-0.05, 0) is 24.6 Å². The summed E-state index contributed by atoms with van der Waals surface area (Å²) in [4.78, 5) is 12.0. The number of nitrogens with one attached hydrogen (secondary N) is 1. The number of fused-ring (bicyclic) bond motifs is 1. The average molecular weight is 313 g/mol. The molecule has 2 aromatic rings. The molecule has 120 valence electrons. The number of hydrogen-bond donors (Lipinski definition) is 1. The van der Waals surface area contributed by atoms with Crippen LogP contribution < -0.4 is 19.5 Å². The van der Waals surface area contributed by atoms with Crippen molar-refractivity contribution in [2.75, 3.05) is 19.8 Å². The summed E-state index contributed by atoms with van der Waals surface area (Å²) in [5, 5.41) is 2.91. The predicted molar refractivity (Wildman–Crippen MR) is 85.9 cm³/mol. The van der Waals surface area contributed by atoms with Crippen molar-refractivity contribution in [3.63, 3.8) is 0 Å². The molecule has 0 saturated carbocycles. The molecule has 0 aromatic heterocycles. The van der Waals surface area contributed by atoms with Crippen LogP contribution >= 0.6 is 0 Å². The minimum Gasteiger partial charge on any atom is -0.486 e. The first-order valence-electron chi connectivity index (χ1n) is 7.59. The van der Waals surface area contributed by atoms with E-state index in [9.17, 15) is 4.79 Å². The Morgan fingerprint density at radius 1 is 1.13 bits per heavy atom. The van der Waals surface area contributed by atoms with Crippen molar-refractivity contribution in [3.8, 4) is 17.2 Å². The van der Waals surface area contributed by atoms with E-state index in [0.717, 1.165) is 5.56 Å². The summed E-state index contributed by atoms with van der Waals surface area (Å²) in [5.41, 5.74) is 1.06. The smallest absolute Gasteiger partial charge is 0.258 e. The number of carbonyl (C=O) groups is 1. The first kappa shape index (κ1) is 15.2. The van der Waals surface area contributed by atoms with Gasteiger partial charge >= 0.3 is 0 Å². The summed E-state index contributed by atoms with van der Waals surface area (Å²) in [6, 6.07) is 15.0. The molecule has 0 unspecified atom stereocenters. The Bertz CT molecular complexity index is 672.